The molecule has 0 atom stereocenters. The highest BCUT2D eigenvalue weighted by molar-refractivity contribution is 6.04. The van der Waals surface area contributed by atoms with Crippen molar-refractivity contribution >= 4 is 23.3 Å². The quantitative estimate of drug-likeness (QED) is 0.429. The summed E-state index contributed by atoms with van der Waals surface area (Å²) < 4.78 is 0. The number of carbonyl (C=O) groups excluding carboxylic acids is 2. The van der Waals surface area contributed by atoms with Crippen LogP contribution >= 0.6 is 0 Å². The maximum Gasteiger partial charge on any atom is 0.255 e. The maximum absolute atomic E-state index is 13.0. The van der Waals surface area contributed by atoms with Gasteiger partial charge in [-0.2, -0.15) is 5.26 Å². The molecule has 2 amide bonds. The highest BCUT2D eigenvalue weighted by atomic mass is 16.2. The van der Waals surface area contributed by atoms with Gasteiger partial charge in [-0.25, -0.2) is 15.0 Å². The van der Waals surface area contributed by atoms with Crippen LogP contribution in [-0.2, 0) is 16.6 Å². The number of anilines is 2. The number of amides is 2. The van der Waals surface area contributed by atoms with E-state index < -0.39 is 5.41 Å². The molecule has 0 aromatic carbocycles. The van der Waals surface area contributed by atoms with Gasteiger partial charge in [0.2, 0.25) is 5.91 Å². The summed E-state index contributed by atoms with van der Waals surface area (Å²) in [6.07, 6.45) is 6.60. The van der Waals surface area contributed by atoms with Crippen molar-refractivity contribution < 1.29 is 9.59 Å². The number of hydrogen-bond donors (Lipinski definition) is 2. The van der Waals surface area contributed by atoms with Gasteiger partial charge in [-0.05, 0) is 51.1 Å². The molecule has 1 aliphatic rings. The second-order valence-electron chi connectivity index (χ2n) is 9.15. The Labute approximate surface area is 212 Å². The van der Waals surface area contributed by atoms with Crippen molar-refractivity contribution in [2.75, 3.05) is 10.6 Å². The Morgan fingerprint density at radius 1 is 1.05 bits per heavy atom. The van der Waals surface area contributed by atoms with Crippen molar-refractivity contribution in [2.24, 2.45) is 0 Å². The Balaban J connectivity index is 1.45. The largest absolute Gasteiger partial charge is 0.321 e. The summed E-state index contributed by atoms with van der Waals surface area (Å²) in [5.41, 5.74) is 4.12. The standard InChI is InChI=1S/C27H22N8O2/c1-15-19(24-31-9-6-21(34-24)18-5-8-30-25-20(18)12-23(36)35-25)11-17(13-32-15)33-26(37)16-4-7-29-22(10-16)27(2,3)14-28/h4-11,13H,12H2,1-3H3,(H,33,37)(H,30,35,36). The number of nitriles is 1. The molecule has 5 heterocycles. The van der Waals surface area contributed by atoms with Crippen molar-refractivity contribution in [1.82, 2.24) is 24.9 Å². The zero-order valence-electron chi connectivity index (χ0n) is 20.4. The highest BCUT2D eigenvalue weighted by Crippen LogP contribution is 2.32. The molecule has 0 saturated heterocycles. The maximum atomic E-state index is 13.0. The number of fused-ring (bicyclic) bond motifs is 1. The number of nitrogens with one attached hydrogen (secondary N) is 2. The summed E-state index contributed by atoms with van der Waals surface area (Å²) in [5.74, 6) is 0.518. The van der Waals surface area contributed by atoms with E-state index in [0.717, 1.165) is 11.1 Å². The lowest BCUT2D eigenvalue weighted by atomic mass is 9.90. The third kappa shape index (κ3) is 4.62. The van der Waals surface area contributed by atoms with E-state index in [4.69, 9.17) is 4.98 Å². The minimum Gasteiger partial charge on any atom is -0.321 e. The molecular formula is C27H22N8O2. The van der Waals surface area contributed by atoms with Gasteiger partial charge in [-0.1, -0.05) is 0 Å². The number of carbonyl (C=O) groups is 2. The van der Waals surface area contributed by atoms with Gasteiger partial charge in [0.25, 0.3) is 5.91 Å². The first-order valence-electron chi connectivity index (χ1n) is 11.5. The molecular weight excluding hydrogens is 468 g/mol. The Morgan fingerprint density at radius 2 is 1.84 bits per heavy atom. The summed E-state index contributed by atoms with van der Waals surface area (Å²) in [6.45, 7) is 5.33. The lowest BCUT2D eigenvalue weighted by Crippen LogP contribution is -2.18. The second-order valence-corrected chi connectivity index (χ2v) is 9.15. The van der Waals surface area contributed by atoms with Gasteiger partial charge in [0.1, 0.15) is 5.82 Å². The average Bonchev–Trinajstić information content (AvgIpc) is 3.30. The number of aryl methyl sites for hydroxylation is 1. The van der Waals surface area contributed by atoms with Crippen molar-refractivity contribution in [1.29, 1.82) is 5.26 Å². The molecule has 5 rings (SSSR count). The number of pyridine rings is 3. The lowest BCUT2D eigenvalue weighted by molar-refractivity contribution is -0.115. The predicted octanol–water partition coefficient (Wildman–Crippen LogP) is 3.85. The van der Waals surface area contributed by atoms with E-state index >= 15 is 0 Å². The van der Waals surface area contributed by atoms with Gasteiger partial charge in [-0.15, -0.1) is 0 Å². The van der Waals surface area contributed by atoms with Crippen molar-refractivity contribution in [3.63, 3.8) is 0 Å². The normalized spacial score (nSPS) is 12.4. The summed E-state index contributed by atoms with van der Waals surface area (Å²) in [6, 6.07) is 10.8. The smallest absolute Gasteiger partial charge is 0.255 e. The van der Waals surface area contributed by atoms with Gasteiger partial charge in [0.15, 0.2) is 5.82 Å². The van der Waals surface area contributed by atoms with Crippen LogP contribution in [0.4, 0.5) is 11.5 Å². The average molecular weight is 491 g/mol. The Kier molecular flexibility index (Phi) is 5.89. The lowest BCUT2D eigenvalue weighted by Gasteiger charge is -2.15. The molecule has 37 heavy (non-hydrogen) atoms. The van der Waals surface area contributed by atoms with E-state index in [1.807, 2.05) is 13.0 Å². The van der Waals surface area contributed by atoms with Gasteiger partial charge in [0.05, 0.1) is 41.2 Å². The van der Waals surface area contributed by atoms with E-state index in [1.165, 1.54) is 6.20 Å². The highest BCUT2D eigenvalue weighted by Gasteiger charge is 2.24. The van der Waals surface area contributed by atoms with E-state index in [-0.39, 0.29) is 18.2 Å². The van der Waals surface area contributed by atoms with Crippen LogP contribution in [0, 0.1) is 18.3 Å². The molecule has 0 bridgehead atoms. The van der Waals surface area contributed by atoms with E-state index in [2.05, 4.69) is 36.6 Å². The summed E-state index contributed by atoms with van der Waals surface area (Å²) in [4.78, 5) is 46.9. The Hall–Kier alpha value is -5.04. The van der Waals surface area contributed by atoms with Crippen LogP contribution in [0.15, 0.2) is 55.1 Å². The summed E-state index contributed by atoms with van der Waals surface area (Å²) in [5, 5.41) is 15.0. The fraction of sp³-hybridized carbons (Fsp3) is 0.185. The Bertz CT molecular complexity index is 1610. The van der Waals surface area contributed by atoms with Crippen molar-refractivity contribution in [2.45, 2.75) is 32.6 Å². The first-order valence-corrected chi connectivity index (χ1v) is 11.5. The molecule has 2 N–H and O–H groups in total. The van der Waals surface area contributed by atoms with Gasteiger partial charge in [0, 0.05) is 46.5 Å². The van der Waals surface area contributed by atoms with Crippen LogP contribution in [0.1, 0.15) is 41.2 Å². The molecule has 10 nitrogen and oxygen atoms in total. The number of nitrogens with zero attached hydrogens (tertiary/aromatic N) is 6. The van der Waals surface area contributed by atoms with Gasteiger partial charge in [-0.3, -0.25) is 19.6 Å². The topological polar surface area (TPSA) is 146 Å². The molecule has 0 radical (unpaired) electrons. The van der Waals surface area contributed by atoms with Crippen molar-refractivity contribution in [3.8, 4) is 28.7 Å². The van der Waals surface area contributed by atoms with Crippen LogP contribution in [0.5, 0.6) is 0 Å². The number of rotatable bonds is 5. The van der Waals surface area contributed by atoms with Crippen LogP contribution < -0.4 is 10.6 Å². The molecule has 0 unspecified atom stereocenters. The monoisotopic (exact) mass is 490 g/mol. The molecule has 0 fully saturated rings. The molecule has 4 aromatic heterocycles. The van der Waals surface area contributed by atoms with Gasteiger partial charge >= 0.3 is 0 Å². The van der Waals surface area contributed by atoms with Crippen LogP contribution in [0.3, 0.4) is 0 Å². The molecule has 1 aliphatic heterocycles. The van der Waals surface area contributed by atoms with E-state index in [1.54, 1.807) is 56.7 Å². The Morgan fingerprint density at radius 3 is 2.65 bits per heavy atom. The third-order valence-corrected chi connectivity index (χ3v) is 6.11. The van der Waals surface area contributed by atoms with E-state index in [9.17, 15) is 14.9 Å². The molecule has 0 saturated carbocycles. The summed E-state index contributed by atoms with van der Waals surface area (Å²) in [7, 11) is 0. The minimum atomic E-state index is -0.824. The fourth-order valence-electron chi connectivity index (χ4n) is 4.00. The van der Waals surface area contributed by atoms with Gasteiger partial charge < -0.3 is 10.6 Å². The molecule has 0 aliphatic carbocycles. The van der Waals surface area contributed by atoms with Crippen LogP contribution in [0.25, 0.3) is 22.6 Å². The summed E-state index contributed by atoms with van der Waals surface area (Å²) >= 11 is 0. The first kappa shape index (κ1) is 23.7. The molecule has 4 aromatic rings. The SMILES string of the molecule is Cc1ncc(NC(=O)c2ccnc(C(C)(C)C#N)c2)cc1-c1nccc(-c2ccnc3c2CC(=O)N3)n1. The first-order chi connectivity index (χ1) is 17.7. The van der Waals surface area contributed by atoms with E-state index in [0.29, 0.717) is 45.5 Å². The zero-order chi connectivity index (χ0) is 26.2. The predicted molar refractivity (Wildman–Crippen MR) is 136 cm³/mol. The molecule has 10 heteroatoms. The number of hydrogen-bond acceptors (Lipinski definition) is 8. The molecule has 0 spiro atoms. The number of aromatic nitrogens is 5. The van der Waals surface area contributed by atoms with Crippen LogP contribution in [-0.4, -0.2) is 36.7 Å². The van der Waals surface area contributed by atoms with Crippen LogP contribution in [0.2, 0.25) is 0 Å². The zero-order valence-corrected chi connectivity index (χ0v) is 20.4. The van der Waals surface area contributed by atoms with Crippen molar-refractivity contribution in [3.05, 3.63) is 77.6 Å². The second kappa shape index (κ2) is 9.20. The minimum absolute atomic E-state index is 0.106. The fourth-order valence-corrected chi connectivity index (χ4v) is 4.00. The third-order valence-electron chi connectivity index (χ3n) is 6.11. The molecule has 182 valence electrons.